The second-order valence-corrected chi connectivity index (χ2v) is 16.5. The standard InChI is InChI=1S/C46H58N6.Mn/c1-3-51-29-13-11-19-41(51)45-37-25-23-35(48-37)43(31-15-7-5-8-16-31)33-21-22-34(47-33)44(32-17-9-6-10-18-32)36-24-26-38(49-36)46(40-28-27-39(45)50-40)42-20-12-14-30-52(42)4-2;/h21-28,31-32,41-42H,3-20,29-30H2,1-2H3;/q-2;+3. The molecule has 6 nitrogen and oxygen atoms in total. The average molecular weight is 750 g/mol. The first kappa shape index (κ1) is 37.0. The molecule has 0 radical (unpaired) electrons. The predicted octanol–water partition coefficient (Wildman–Crippen LogP) is 11.1. The van der Waals surface area contributed by atoms with Gasteiger partial charge in [-0.1, -0.05) is 89.5 Å². The van der Waals surface area contributed by atoms with Crippen molar-refractivity contribution in [2.45, 2.75) is 141 Å². The zero-order valence-electron chi connectivity index (χ0n) is 32.1. The Balaban J connectivity index is 0.00000400. The average Bonchev–Trinajstić information content (AvgIpc) is 4.04. The van der Waals surface area contributed by atoms with E-state index in [2.05, 4.69) is 72.2 Å². The van der Waals surface area contributed by atoms with E-state index in [1.54, 1.807) is 0 Å². The van der Waals surface area contributed by atoms with Gasteiger partial charge in [-0.15, -0.1) is 22.1 Å². The van der Waals surface area contributed by atoms with Crippen LogP contribution in [0, 0.1) is 0 Å². The molecule has 2 atom stereocenters. The Hall–Kier alpha value is -2.96. The molecule has 2 aliphatic carbocycles. The summed E-state index contributed by atoms with van der Waals surface area (Å²) in [4.78, 5) is 27.9. The van der Waals surface area contributed by atoms with Gasteiger partial charge in [0.05, 0.1) is 22.8 Å². The van der Waals surface area contributed by atoms with Gasteiger partial charge in [0.1, 0.15) is 0 Å². The third-order valence-electron chi connectivity index (χ3n) is 13.5. The number of aromatic nitrogens is 4. The van der Waals surface area contributed by atoms with Gasteiger partial charge < -0.3 is 9.97 Å². The summed E-state index contributed by atoms with van der Waals surface area (Å²) in [7, 11) is 0. The van der Waals surface area contributed by atoms with Gasteiger partial charge in [0, 0.05) is 12.1 Å². The summed E-state index contributed by atoms with van der Waals surface area (Å²) in [5, 5.41) is 0. The summed E-state index contributed by atoms with van der Waals surface area (Å²) in [6.45, 7) is 9.00. The van der Waals surface area contributed by atoms with E-state index in [9.17, 15) is 0 Å². The molecule has 9 rings (SSSR count). The van der Waals surface area contributed by atoms with Crippen LogP contribution in [0.5, 0.6) is 0 Å². The van der Waals surface area contributed by atoms with Crippen molar-refractivity contribution >= 4 is 46.4 Å². The van der Waals surface area contributed by atoms with Gasteiger partial charge in [0.2, 0.25) is 0 Å². The third-order valence-corrected chi connectivity index (χ3v) is 13.5. The fraction of sp³-hybridized carbons (Fsp3) is 0.565. The third kappa shape index (κ3) is 7.17. The molecule has 4 aliphatic heterocycles. The minimum atomic E-state index is 0. The predicted molar refractivity (Wildman–Crippen MR) is 216 cm³/mol. The molecule has 7 heterocycles. The summed E-state index contributed by atoms with van der Waals surface area (Å²) >= 11 is 0. The van der Waals surface area contributed by atoms with Gasteiger partial charge in [-0.3, -0.25) is 9.80 Å². The van der Waals surface area contributed by atoms with Crippen LogP contribution >= 0.6 is 0 Å². The second kappa shape index (κ2) is 16.4. The maximum absolute atomic E-state index is 5.65. The summed E-state index contributed by atoms with van der Waals surface area (Å²) in [5.41, 5.74) is 14.3. The fourth-order valence-electron chi connectivity index (χ4n) is 10.9. The van der Waals surface area contributed by atoms with E-state index in [1.165, 1.54) is 112 Å². The van der Waals surface area contributed by atoms with E-state index in [-0.39, 0.29) is 17.1 Å². The molecular weight excluding hydrogens is 691 g/mol. The Kier molecular flexibility index (Phi) is 11.5. The maximum Gasteiger partial charge on any atom is 3.00 e. The number of hydrogen-bond donors (Lipinski definition) is 0. The maximum atomic E-state index is 5.65. The Morgan fingerprint density at radius 1 is 0.472 bits per heavy atom. The van der Waals surface area contributed by atoms with Gasteiger partial charge in [0.25, 0.3) is 0 Å². The number of piperidine rings is 2. The normalized spacial score (nSPS) is 23.4. The number of nitrogens with zero attached hydrogens (tertiary/aromatic N) is 6. The number of hydrogen-bond acceptors (Lipinski definition) is 4. The summed E-state index contributed by atoms with van der Waals surface area (Å²) in [6, 6.07) is 9.91. The van der Waals surface area contributed by atoms with Crippen molar-refractivity contribution in [3.05, 3.63) is 69.3 Å². The van der Waals surface area contributed by atoms with Crippen molar-refractivity contribution in [2.24, 2.45) is 0 Å². The summed E-state index contributed by atoms with van der Waals surface area (Å²) in [6.07, 6.45) is 29.3. The van der Waals surface area contributed by atoms with Crippen LogP contribution in [-0.4, -0.2) is 45.9 Å². The first-order valence-electron chi connectivity index (χ1n) is 21.2. The number of fused-ring (bicyclic) bond motifs is 8. The van der Waals surface area contributed by atoms with Crippen molar-refractivity contribution in [1.82, 2.24) is 29.7 Å². The van der Waals surface area contributed by atoms with Crippen molar-refractivity contribution in [2.75, 3.05) is 26.2 Å². The van der Waals surface area contributed by atoms with Gasteiger partial charge in [-0.25, -0.2) is 9.97 Å². The largest absolute Gasteiger partial charge is 3.00 e. The first-order valence-corrected chi connectivity index (χ1v) is 21.2. The molecule has 8 bridgehead atoms. The minimum absolute atomic E-state index is 0. The SMILES string of the molecule is CCN1CCCCC1c1c2nc(c(C3CCCCC3)c3ccc([n-]3)c(C3CCCCC3)c3nc(c(C4CCCCN4CC)c4ccc1[n-]4)C=C3)C=C2.[Mn+3]. The van der Waals surface area contributed by atoms with Gasteiger partial charge in [0.15, 0.2) is 0 Å². The van der Waals surface area contributed by atoms with E-state index >= 15 is 0 Å². The van der Waals surface area contributed by atoms with Crippen LogP contribution in [0.4, 0.5) is 0 Å². The Morgan fingerprint density at radius 2 is 0.811 bits per heavy atom. The molecule has 278 valence electrons. The van der Waals surface area contributed by atoms with Crippen LogP contribution < -0.4 is 9.97 Å². The summed E-state index contributed by atoms with van der Waals surface area (Å²) in [5.74, 6) is 0.978. The van der Waals surface area contributed by atoms with Gasteiger partial charge >= 0.3 is 17.1 Å². The van der Waals surface area contributed by atoms with Gasteiger partial charge in [-0.05, 0) is 136 Å². The minimum Gasteiger partial charge on any atom is -0.657 e. The Morgan fingerprint density at radius 3 is 1.19 bits per heavy atom. The molecule has 6 aliphatic rings. The van der Waals surface area contributed by atoms with E-state index < -0.39 is 0 Å². The zero-order valence-corrected chi connectivity index (χ0v) is 33.3. The topological polar surface area (TPSA) is 60.5 Å². The van der Waals surface area contributed by atoms with Crippen molar-refractivity contribution < 1.29 is 17.1 Å². The summed E-state index contributed by atoms with van der Waals surface area (Å²) < 4.78 is 0. The number of rotatable bonds is 6. The quantitative estimate of drug-likeness (QED) is 0.161. The smallest absolute Gasteiger partial charge is 0.657 e. The van der Waals surface area contributed by atoms with E-state index in [0.717, 1.165) is 83.9 Å². The Labute approximate surface area is 327 Å². The molecule has 3 aromatic heterocycles. The Bertz CT molecular complexity index is 1850. The van der Waals surface area contributed by atoms with Crippen LogP contribution in [0.15, 0.2) is 24.3 Å². The van der Waals surface area contributed by atoms with Crippen molar-refractivity contribution in [3.8, 4) is 0 Å². The van der Waals surface area contributed by atoms with E-state index in [0.29, 0.717) is 23.9 Å². The second-order valence-electron chi connectivity index (χ2n) is 16.5. The van der Waals surface area contributed by atoms with Crippen LogP contribution in [0.25, 0.3) is 46.4 Å². The molecule has 4 fully saturated rings. The van der Waals surface area contributed by atoms with Crippen LogP contribution in [0.1, 0.15) is 186 Å². The first-order chi connectivity index (χ1) is 25.7. The van der Waals surface area contributed by atoms with Crippen LogP contribution in [-0.2, 0) is 17.1 Å². The molecule has 7 heteroatoms. The van der Waals surface area contributed by atoms with Crippen LogP contribution in [0.3, 0.4) is 0 Å². The number of likely N-dealkylation sites (tertiary alicyclic amines) is 2. The molecule has 0 spiro atoms. The van der Waals surface area contributed by atoms with Crippen LogP contribution in [0.2, 0.25) is 0 Å². The molecule has 2 saturated heterocycles. The molecule has 2 unspecified atom stereocenters. The molecule has 3 aromatic rings. The van der Waals surface area contributed by atoms with Crippen molar-refractivity contribution in [1.29, 1.82) is 0 Å². The van der Waals surface area contributed by atoms with Gasteiger partial charge in [-0.2, -0.15) is 0 Å². The molecule has 0 aromatic carbocycles. The molecule has 2 saturated carbocycles. The van der Waals surface area contributed by atoms with Crippen molar-refractivity contribution in [3.63, 3.8) is 0 Å². The molecule has 0 N–H and O–H groups in total. The molecular formula is C46H58MnN6+. The van der Waals surface area contributed by atoms with E-state index in [4.69, 9.17) is 19.9 Å². The van der Waals surface area contributed by atoms with E-state index in [1.807, 2.05) is 0 Å². The zero-order chi connectivity index (χ0) is 35.0. The molecule has 53 heavy (non-hydrogen) atoms. The fourth-order valence-corrected chi connectivity index (χ4v) is 10.9. The molecule has 0 amide bonds. The monoisotopic (exact) mass is 749 g/mol.